The van der Waals surface area contributed by atoms with Crippen LogP contribution < -0.4 is 4.89 Å². The largest absolute Gasteiger partial charge is 0.282 e. The first-order chi connectivity index (χ1) is 8.18. The Bertz CT molecular complexity index is 552. The molecule has 0 radical (unpaired) electrons. The predicted octanol–water partition coefficient (Wildman–Crippen LogP) is 0.820. The molecule has 1 aromatic heterocycles. The van der Waals surface area contributed by atoms with Gasteiger partial charge in [0.05, 0.1) is 12.8 Å². The minimum absolute atomic E-state index is 0.0365. The third-order valence-electron chi connectivity index (χ3n) is 2.01. The van der Waals surface area contributed by atoms with Crippen LogP contribution in [0.1, 0.15) is 5.56 Å². The zero-order valence-corrected chi connectivity index (χ0v) is 9.65. The van der Waals surface area contributed by atoms with Gasteiger partial charge >= 0.3 is 0 Å². The van der Waals surface area contributed by atoms with E-state index in [9.17, 15) is 8.42 Å². The highest BCUT2D eigenvalue weighted by atomic mass is 32.2. The van der Waals surface area contributed by atoms with E-state index in [0.29, 0.717) is 0 Å². The number of nitrogens with one attached hydrogen (secondary N) is 2. The van der Waals surface area contributed by atoms with Gasteiger partial charge in [-0.25, -0.2) is 8.42 Å². The molecule has 1 heterocycles. The number of hydrogen-bond donors (Lipinski definition) is 2. The van der Waals surface area contributed by atoms with Crippen molar-refractivity contribution < 1.29 is 13.3 Å². The zero-order chi connectivity index (χ0) is 12.1. The molecule has 0 spiro atoms. The molecule has 0 aliphatic heterocycles. The molecule has 2 rings (SSSR count). The molecule has 0 fully saturated rings. The summed E-state index contributed by atoms with van der Waals surface area (Å²) in [6.45, 7) is 0.161. The fourth-order valence-corrected chi connectivity index (χ4v) is 1.92. The van der Waals surface area contributed by atoms with Crippen molar-refractivity contribution >= 4 is 10.0 Å². The lowest BCUT2D eigenvalue weighted by Gasteiger charge is -2.05. The summed E-state index contributed by atoms with van der Waals surface area (Å²) in [4.78, 5) is 6.93. The number of aromatic amines is 1. The summed E-state index contributed by atoms with van der Waals surface area (Å²) < 4.78 is 23.2. The van der Waals surface area contributed by atoms with Crippen molar-refractivity contribution in [2.24, 2.45) is 0 Å². The molecule has 0 atom stereocenters. The molecule has 0 saturated heterocycles. The molecule has 90 valence electrons. The van der Waals surface area contributed by atoms with Gasteiger partial charge in [0.15, 0.2) is 5.03 Å². The molecule has 0 aliphatic rings. The van der Waals surface area contributed by atoms with Crippen molar-refractivity contribution in [3.05, 3.63) is 48.2 Å². The highest BCUT2D eigenvalue weighted by molar-refractivity contribution is 7.89. The first-order valence-electron chi connectivity index (χ1n) is 4.85. The van der Waals surface area contributed by atoms with Gasteiger partial charge in [0.1, 0.15) is 0 Å². The van der Waals surface area contributed by atoms with E-state index in [0.717, 1.165) is 5.56 Å². The highest BCUT2D eigenvalue weighted by Crippen LogP contribution is 2.04. The lowest BCUT2D eigenvalue weighted by molar-refractivity contribution is 0.0793. The SMILES string of the molecule is O=S(=O)(NOCc1ccccc1)c1ccn[nH]1. The van der Waals surface area contributed by atoms with E-state index in [1.807, 2.05) is 35.2 Å². The Morgan fingerprint density at radius 3 is 2.65 bits per heavy atom. The van der Waals surface area contributed by atoms with E-state index in [-0.39, 0.29) is 11.6 Å². The van der Waals surface area contributed by atoms with Crippen LogP contribution in [0, 0.1) is 0 Å². The van der Waals surface area contributed by atoms with Crippen molar-refractivity contribution in [3.63, 3.8) is 0 Å². The second-order valence-corrected chi connectivity index (χ2v) is 4.90. The van der Waals surface area contributed by atoms with Crippen LogP contribution in [0.4, 0.5) is 0 Å². The topological polar surface area (TPSA) is 84.1 Å². The highest BCUT2D eigenvalue weighted by Gasteiger charge is 2.15. The van der Waals surface area contributed by atoms with E-state index in [2.05, 4.69) is 10.2 Å². The first-order valence-corrected chi connectivity index (χ1v) is 6.34. The molecule has 0 bridgehead atoms. The Morgan fingerprint density at radius 2 is 2.00 bits per heavy atom. The van der Waals surface area contributed by atoms with Crippen molar-refractivity contribution in [2.45, 2.75) is 11.6 Å². The van der Waals surface area contributed by atoms with Gasteiger partial charge in [-0.2, -0.15) is 5.10 Å². The fourth-order valence-electron chi connectivity index (χ4n) is 1.20. The molecule has 2 aromatic rings. The summed E-state index contributed by atoms with van der Waals surface area (Å²) in [5.74, 6) is 0. The summed E-state index contributed by atoms with van der Waals surface area (Å²) in [6.07, 6.45) is 1.35. The average molecular weight is 253 g/mol. The normalized spacial score (nSPS) is 11.5. The van der Waals surface area contributed by atoms with Gasteiger partial charge in [-0.1, -0.05) is 35.2 Å². The quantitative estimate of drug-likeness (QED) is 0.773. The Kier molecular flexibility index (Phi) is 3.52. The number of sulfonamides is 1. The monoisotopic (exact) mass is 253 g/mol. The summed E-state index contributed by atoms with van der Waals surface area (Å²) >= 11 is 0. The van der Waals surface area contributed by atoms with Gasteiger partial charge in [-0.15, -0.1) is 0 Å². The molecular formula is C10H11N3O3S. The van der Waals surface area contributed by atoms with E-state index >= 15 is 0 Å². The predicted molar refractivity (Wildman–Crippen MR) is 60.1 cm³/mol. The van der Waals surface area contributed by atoms with Gasteiger partial charge in [0.2, 0.25) is 0 Å². The molecule has 0 unspecified atom stereocenters. The number of benzene rings is 1. The standard InChI is InChI=1S/C10H11N3O3S/c14-17(15,10-6-7-11-12-10)13-16-8-9-4-2-1-3-5-9/h1-7,13H,8H2,(H,11,12). The fraction of sp³-hybridized carbons (Fsp3) is 0.100. The van der Waals surface area contributed by atoms with Crippen molar-refractivity contribution in [1.29, 1.82) is 0 Å². The molecule has 0 saturated carbocycles. The zero-order valence-electron chi connectivity index (χ0n) is 8.83. The van der Waals surface area contributed by atoms with E-state index < -0.39 is 10.0 Å². The van der Waals surface area contributed by atoms with E-state index in [4.69, 9.17) is 4.84 Å². The van der Waals surface area contributed by atoms with Crippen LogP contribution in [0.25, 0.3) is 0 Å². The smallest absolute Gasteiger partial charge is 0.279 e. The number of H-pyrrole nitrogens is 1. The van der Waals surface area contributed by atoms with Crippen LogP contribution >= 0.6 is 0 Å². The van der Waals surface area contributed by atoms with Crippen LogP contribution in [0.5, 0.6) is 0 Å². The molecule has 1 aromatic carbocycles. The second-order valence-electron chi connectivity index (χ2n) is 3.28. The van der Waals surface area contributed by atoms with Crippen LogP contribution in [0.2, 0.25) is 0 Å². The maximum absolute atomic E-state index is 11.6. The molecule has 0 aliphatic carbocycles. The Labute approximate surface area is 98.6 Å². The van der Waals surface area contributed by atoms with Crippen LogP contribution in [-0.4, -0.2) is 18.6 Å². The molecule has 0 amide bonds. The first kappa shape index (κ1) is 11.8. The van der Waals surface area contributed by atoms with Crippen molar-refractivity contribution in [1.82, 2.24) is 15.1 Å². The van der Waals surface area contributed by atoms with Gasteiger partial charge in [0.25, 0.3) is 10.0 Å². The molecule has 6 nitrogen and oxygen atoms in total. The number of rotatable bonds is 5. The van der Waals surface area contributed by atoms with Gasteiger partial charge in [-0.3, -0.25) is 9.94 Å². The van der Waals surface area contributed by atoms with Gasteiger partial charge in [0, 0.05) is 0 Å². The average Bonchev–Trinajstić information content (AvgIpc) is 2.84. The Balaban J connectivity index is 1.91. The summed E-state index contributed by atoms with van der Waals surface area (Å²) in [7, 11) is -3.68. The molecule has 2 N–H and O–H groups in total. The van der Waals surface area contributed by atoms with Crippen LogP contribution in [0.15, 0.2) is 47.6 Å². The summed E-state index contributed by atoms with van der Waals surface area (Å²) in [5.41, 5.74) is 0.875. The van der Waals surface area contributed by atoms with E-state index in [1.54, 1.807) is 0 Å². The second kappa shape index (κ2) is 5.09. The summed E-state index contributed by atoms with van der Waals surface area (Å²) in [6, 6.07) is 10.6. The number of hydrogen-bond acceptors (Lipinski definition) is 4. The number of aromatic nitrogens is 2. The van der Waals surface area contributed by atoms with Crippen LogP contribution in [0.3, 0.4) is 0 Å². The maximum atomic E-state index is 11.6. The molecular weight excluding hydrogens is 242 g/mol. The molecule has 17 heavy (non-hydrogen) atoms. The van der Waals surface area contributed by atoms with Crippen molar-refractivity contribution in [3.8, 4) is 0 Å². The third kappa shape index (κ3) is 3.13. The van der Waals surface area contributed by atoms with Gasteiger partial charge in [-0.05, 0) is 11.6 Å². The molecule has 7 heteroatoms. The lowest BCUT2D eigenvalue weighted by Crippen LogP contribution is -2.24. The minimum Gasteiger partial charge on any atom is -0.282 e. The lowest BCUT2D eigenvalue weighted by atomic mass is 10.2. The van der Waals surface area contributed by atoms with E-state index in [1.165, 1.54) is 12.3 Å². The Hall–Kier alpha value is -1.70. The number of nitrogens with zero attached hydrogens (tertiary/aromatic N) is 1. The maximum Gasteiger partial charge on any atom is 0.279 e. The van der Waals surface area contributed by atoms with Crippen LogP contribution in [-0.2, 0) is 21.5 Å². The third-order valence-corrected chi connectivity index (χ3v) is 3.16. The van der Waals surface area contributed by atoms with Gasteiger partial charge < -0.3 is 0 Å². The minimum atomic E-state index is -3.68. The Morgan fingerprint density at radius 1 is 1.24 bits per heavy atom. The summed E-state index contributed by atoms with van der Waals surface area (Å²) in [5, 5.41) is 5.86. The van der Waals surface area contributed by atoms with Crippen molar-refractivity contribution in [2.75, 3.05) is 0 Å².